The number of nitrogens with zero attached hydrogens (tertiary/aromatic N) is 3. The Morgan fingerprint density at radius 1 is 0.925 bits per heavy atom. The van der Waals surface area contributed by atoms with Crippen LogP contribution in [0.3, 0.4) is 0 Å². The van der Waals surface area contributed by atoms with Crippen molar-refractivity contribution in [2.45, 2.75) is 40.2 Å². The Balaban J connectivity index is 1.45. The number of esters is 1. The summed E-state index contributed by atoms with van der Waals surface area (Å²) in [5.74, 6) is 0.393. The second-order valence-corrected chi connectivity index (χ2v) is 9.89. The van der Waals surface area contributed by atoms with Crippen molar-refractivity contribution in [1.29, 1.82) is 0 Å². The minimum Gasteiger partial charge on any atom is -0.493 e. The third-order valence-electron chi connectivity index (χ3n) is 7.73. The standard InChI is InChI=1S/C34H33N3O3/c1-5-36-22(4)31(26-15-11-12-16-28(26)36)32-33-29(40-34(32)38)20-19-27(35-33)25-18-17-24(21-30(25)39-7-3)37(6-2)23-13-9-8-10-14-23/h8-21,32H,5-7H2,1-4H3. The number of fused-ring (bicyclic) bond motifs is 2. The first-order valence-electron chi connectivity index (χ1n) is 14.0. The summed E-state index contributed by atoms with van der Waals surface area (Å²) in [6, 6.07) is 28.5. The van der Waals surface area contributed by atoms with Crippen molar-refractivity contribution in [3.8, 4) is 22.8 Å². The molecule has 1 aliphatic rings. The number of carbonyl (C=O) groups is 1. The molecule has 0 saturated carbocycles. The van der Waals surface area contributed by atoms with E-state index >= 15 is 0 Å². The molecular weight excluding hydrogens is 498 g/mol. The normalized spacial score (nSPS) is 14.3. The van der Waals surface area contributed by atoms with E-state index in [4.69, 9.17) is 14.5 Å². The van der Waals surface area contributed by atoms with Crippen LogP contribution in [0.1, 0.15) is 43.6 Å². The molecule has 1 atom stereocenters. The highest BCUT2D eigenvalue weighted by atomic mass is 16.5. The summed E-state index contributed by atoms with van der Waals surface area (Å²) >= 11 is 0. The Hall–Kier alpha value is -4.58. The van der Waals surface area contributed by atoms with E-state index in [2.05, 4.69) is 72.7 Å². The molecule has 1 unspecified atom stereocenters. The van der Waals surface area contributed by atoms with Crippen molar-refractivity contribution >= 4 is 28.2 Å². The van der Waals surface area contributed by atoms with Crippen LogP contribution >= 0.6 is 0 Å². The SMILES string of the molecule is CCOc1cc(N(CC)c2ccccc2)ccc1-c1ccc2c(n1)C(c1c(C)n(CC)c3ccccc13)C(=O)O2. The van der Waals surface area contributed by atoms with Crippen LogP contribution in [0, 0.1) is 6.92 Å². The second-order valence-electron chi connectivity index (χ2n) is 9.89. The van der Waals surface area contributed by atoms with Gasteiger partial charge in [0.15, 0.2) is 5.75 Å². The van der Waals surface area contributed by atoms with Gasteiger partial charge in [-0.3, -0.25) is 4.79 Å². The lowest BCUT2D eigenvalue weighted by atomic mass is 9.93. The summed E-state index contributed by atoms with van der Waals surface area (Å²) in [5, 5.41) is 1.06. The van der Waals surface area contributed by atoms with Gasteiger partial charge in [0.25, 0.3) is 0 Å². The molecule has 6 heteroatoms. The molecule has 40 heavy (non-hydrogen) atoms. The molecule has 6 nitrogen and oxygen atoms in total. The predicted molar refractivity (Wildman–Crippen MR) is 160 cm³/mol. The van der Waals surface area contributed by atoms with Crippen LogP contribution in [-0.2, 0) is 11.3 Å². The van der Waals surface area contributed by atoms with Crippen molar-refractivity contribution in [2.75, 3.05) is 18.1 Å². The smallest absolute Gasteiger partial charge is 0.325 e. The molecule has 0 radical (unpaired) electrons. The van der Waals surface area contributed by atoms with Crippen molar-refractivity contribution in [3.05, 3.63) is 102 Å². The molecule has 3 aromatic carbocycles. The van der Waals surface area contributed by atoms with Crippen LogP contribution < -0.4 is 14.4 Å². The van der Waals surface area contributed by atoms with Crippen molar-refractivity contribution in [3.63, 3.8) is 0 Å². The maximum atomic E-state index is 13.3. The van der Waals surface area contributed by atoms with Gasteiger partial charge in [0.1, 0.15) is 17.4 Å². The zero-order valence-corrected chi connectivity index (χ0v) is 23.3. The number of hydrogen-bond acceptors (Lipinski definition) is 5. The second kappa shape index (κ2) is 10.5. The molecule has 0 bridgehead atoms. The molecule has 2 aromatic heterocycles. The Kier molecular flexibility index (Phi) is 6.76. The number of rotatable bonds is 8. The van der Waals surface area contributed by atoms with Gasteiger partial charge in [-0.1, -0.05) is 36.4 Å². The third-order valence-corrected chi connectivity index (χ3v) is 7.73. The Bertz CT molecular complexity index is 1710. The number of hydrogen-bond donors (Lipinski definition) is 0. The van der Waals surface area contributed by atoms with Crippen molar-refractivity contribution < 1.29 is 14.3 Å². The minimum absolute atomic E-state index is 0.288. The molecular formula is C34H33N3O3. The summed E-state index contributed by atoms with van der Waals surface area (Å²) in [6.45, 7) is 10.5. The summed E-state index contributed by atoms with van der Waals surface area (Å²) in [6.07, 6.45) is 0. The topological polar surface area (TPSA) is 56.6 Å². The van der Waals surface area contributed by atoms with Gasteiger partial charge in [-0.2, -0.15) is 0 Å². The molecule has 0 aliphatic carbocycles. The van der Waals surface area contributed by atoms with Crippen molar-refractivity contribution in [2.24, 2.45) is 0 Å². The molecule has 6 rings (SSSR count). The van der Waals surface area contributed by atoms with Crippen molar-refractivity contribution in [1.82, 2.24) is 9.55 Å². The highest BCUT2D eigenvalue weighted by molar-refractivity contribution is 5.97. The predicted octanol–water partition coefficient (Wildman–Crippen LogP) is 7.64. The number of ether oxygens (including phenoxy) is 2. The lowest BCUT2D eigenvalue weighted by Crippen LogP contribution is -2.16. The van der Waals surface area contributed by atoms with Crippen LogP contribution in [-0.4, -0.2) is 28.7 Å². The van der Waals surface area contributed by atoms with Crippen LogP contribution in [0.15, 0.2) is 84.9 Å². The van der Waals surface area contributed by atoms with E-state index in [1.165, 1.54) is 0 Å². The molecule has 0 fully saturated rings. The van der Waals surface area contributed by atoms with Gasteiger partial charge < -0.3 is 18.9 Å². The van der Waals surface area contributed by atoms with E-state index < -0.39 is 5.92 Å². The molecule has 0 amide bonds. The number of benzene rings is 3. The molecule has 0 spiro atoms. The van der Waals surface area contributed by atoms with Crippen LogP contribution in [0.25, 0.3) is 22.2 Å². The van der Waals surface area contributed by atoms with Gasteiger partial charge in [0.2, 0.25) is 0 Å². The fraction of sp³-hybridized carbons (Fsp3) is 0.235. The highest BCUT2D eigenvalue weighted by Crippen LogP contribution is 2.44. The lowest BCUT2D eigenvalue weighted by molar-refractivity contribution is -0.133. The molecule has 202 valence electrons. The van der Waals surface area contributed by atoms with E-state index in [1.807, 2.05) is 49.4 Å². The number of aromatic nitrogens is 2. The van der Waals surface area contributed by atoms with Gasteiger partial charge in [0, 0.05) is 58.3 Å². The summed E-state index contributed by atoms with van der Waals surface area (Å²) in [7, 11) is 0. The van der Waals surface area contributed by atoms with E-state index in [-0.39, 0.29) is 5.97 Å². The monoisotopic (exact) mass is 531 g/mol. The van der Waals surface area contributed by atoms with E-state index in [9.17, 15) is 4.79 Å². The number of pyridine rings is 1. The van der Waals surface area contributed by atoms with Crippen LogP contribution in [0.2, 0.25) is 0 Å². The Morgan fingerprint density at radius 3 is 2.45 bits per heavy atom. The van der Waals surface area contributed by atoms with E-state index in [0.717, 1.165) is 63.6 Å². The minimum atomic E-state index is -0.587. The summed E-state index contributed by atoms with van der Waals surface area (Å²) in [4.78, 5) is 20.6. The molecule has 5 aromatic rings. The fourth-order valence-corrected chi connectivity index (χ4v) is 5.96. The van der Waals surface area contributed by atoms with Gasteiger partial charge in [0.05, 0.1) is 12.3 Å². The average molecular weight is 532 g/mol. The van der Waals surface area contributed by atoms with Crippen LogP contribution in [0.5, 0.6) is 11.5 Å². The van der Waals surface area contributed by atoms with Gasteiger partial charge in [-0.25, -0.2) is 4.98 Å². The Labute approximate surface area is 234 Å². The quantitative estimate of drug-likeness (QED) is 0.193. The maximum absolute atomic E-state index is 13.3. The average Bonchev–Trinajstić information content (AvgIpc) is 3.45. The largest absolute Gasteiger partial charge is 0.493 e. The molecule has 3 heterocycles. The highest BCUT2D eigenvalue weighted by Gasteiger charge is 2.39. The number of para-hydroxylation sites is 2. The fourth-order valence-electron chi connectivity index (χ4n) is 5.96. The number of aryl methyl sites for hydroxylation is 1. The number of anilines is 2. The molecule has 0 N–H and O–H groups in total. The lowest BCUT2D eigenvalue weighted by Gasteiger charge is -2.24. The van der Waals surface area contributed by atoms with Gasteiger partial charge >= 0.3 is 5.97 Å². The third kappa shape index (κ3) is 4.20. The maximum Gasteiger partial charge on any atom is 0.325 e. The summed E-state index contributed by atoms with van der Waals surface area (Å²) in [5.41, 5.74) is 7.58. The molecule has 1 aliphatic heterocycles. The van der Waals surface area contributed by atoms with E-state index in [1.54, 1.807) is 0 Å². The van der Waals surface area contributed by atoms with Gasteiger partial charge in [-0.15, -0.1) is 0 Å². The summed E-state index contributed by atoms with van der Waals surface area (Å²) < 4.78 is 14.1. The first-order valence-corrected chi connectivity index (χ1v) is 14.0. The van der Waals surface area contributed by atoms with Gasteiger partial charge in [-0.05, 0) is 70.2 Å². The Morgan fingerprint density at radius 2 is 1.70 bits per heavy atom. The number of carbonyl (C=O) groups excluding carboxylic acids is 1. The van der Waals surface area contributed by atoms with E-state index in [0.29, 0.717) is 18.1 Å². The zero-order valence-electron chi connectivity index (χ0n) is 23.3. The van der Waals surface area contributed by atoms with Crippen LogP contribution in [0.4, 0.5) is 11.4 Å². The first kappa shape index (κ1) is 25.7. The zero-order chi connectivity index (χ0) is 27.8. The molecule has 0 saturated heterocycles. The first-order chi connectivity index (χ1) is 19.5.